The lowest BCUT2D eigenvalue weighted by molar-refractivity contribution is -0.116. The number of fused-ring (bicyclic) bond motifs is 1. The molecule has 0 aliphatic carbocycles. The van der Waals surface area contributed by atoms with Gasteiger partial charge in [-0.25, -0.2) is 4.39 Å². The summed E-state index contributed by atoms with van der Waals surface area (Å²) in [4.78, 5) is 14.2. The molecule has 1 atom stereocenters. The van der Waals surface area contributed by atoms with Crippen LogP contribution in [0.5, 0.6) is 0 Å². The maximum Gasteiger partial charge on any atom is 0.244 e. The molecule has 24 heavy (non-hydrogen) atoms. The van der Waals surface area contributed by atoms with E-state index in [0.29, 0.717) is 12.6 Å². The summed E-state index contributed by atoms with van der Waals surface area (Å²) < 4.78 is 12.8. The van der Waals surface area contributed by atoms with Gasteiger partial charge in [-0.05, 0) is 48.7 Å². The molecule has 2 aromatic rings. The Morgan fingerprint density at radius 1 is 1.25 bits per heavy atom. The van der Waals surface area contributed by atoms with E-state index in [1.165, 1.54) is 29.5 Å². The van der Waals surface area contributed by atoms with Crippen LogP contribution < -0.4 is 10.2 Å². The van der Waals surface area contributed by atoms with Gasteiger partial charge in [-0.1, -0.05) is 30.3 Å². The van der Waals surface area contributed by atoms with Crippen molar-refractivity contribution < 1.29 is 9.18 Å². The van der Waals surface area contributed by atoms with E-state index in [-0.39, 0.29) is 11.7 Å². The van der Waals surface area contributed by atoms with Crippen molar-refractivity contribution in [3.8, 4) is 0 Å². The summed E-state index contributed by atoms with van der Waals surface area (Å²) in [5, 5.41) is 2.90. The zero-order chi connectivity index (χ0) is 16.9. The number of hydrogen-bond acceptors (Lipinski definition) is 2. The summed E-state index contributed by atoms with van der Waals surface area (Å²) in [6.45, 7) is 3.58. The Hall–Kier alpha value is -2.62. The van der Waals surface area contributed by atoms with Gasteiger partial charge in [0.15, 0.2) is 0 Å². The number of carbonyl (C=O) groups excluding carboxylic acids is 1. The second-order valence-electron chi connectivity index (χ2n) is 6.05. The van der Waals surface area contributed by atoms with Crippen LogP contribution in [0.1, 0.15) is 18.1 Å². The smallest absolute Gasteiger partial charge is 0.244 e. The molecule has 1 heterocycles. The highest BCUT2D eigenvalue weighted by molar-refractivity contribution is 5.91. The van der Waals surface area contributed by atoms with Gasteiger partial charge in [0, 0.05) is 30.9 Å². The third-order valence-corrected chi connectivity index (χ3v) is 4.30. The molecule has 3 rings (SSSR count). The fraction of sp³-hybridized carbons (Fsp3) is 0.250. The quantitative estimate of drug-likeness (QED) is 0.855. The number of nitrogens with one attached hydrogen (secondary N) is 1. The number of anilines is 1. The fourth-order valence-electron chi connectivity index (χ4n) is 3.07. The first kappa shape index (κ1) is 16.2. The van der Waals surface area contributed by atoms with Crippen molar-refractivity contribution in [2.24, 2.45) is 0 Å². The van der Waals surface area contributed by atoms with E-state index >= 15 is 0 Å². The molecule has 0 aromatic heterocycles. The number of hydrogen-bond donors (Lipinski definition) is 1. The minimum atomic E-state index is -0.281. The summed E-state index contributed by atoms with van der Waals surface area (Å²) in [6.07, 6.45) is 4.21. The van der Waals surface area contributed by atoms with Crippen molar-refractivity contribution in [1.82, 2.24) is 5.32 Å². The molecule has 1 aliphatic rings. The van der Waals surface area contributed by atoms with Gasteiger partial charge in [-0.2, -0.15) is 0 Å². The van der Waals surface area contributed by atoms with E-state index in [4.69, 9.17) is 0 Å². The van der Waals surface area contributed by atoms with Crippen LogP contribution in [-0.2, 0) is 11.2 Å². The Bertz CT molecular complexity index is 740. The topological polar surface area (TPSA) is 32.3 Å². The lowest BCUT2D eigenvalue weighted by Crippen LogP contribution is -2.37. The molecular weight excluding hydrogens is 303 g/mol. The summed E-state index contributed by atoms with van der Waals surface area (Å²) in [6, 6.07) is 14.9. The minimum Gasteiger partial charge on any atom is -0.367 e. The first-order valence-corrected chi connectivity index (χ1v) is 8.19. The van der Waals surface area contributed by atoms with Gasteiger partial charge in [0.05, 0.1) is 0 Å². The second kappa shape index (κ2) is 7.30. The molecule has 0 spiro atoms. The van der Waals surface area contributed by atoms with Crippen LogP contribution in [0.4, 0.5) is 10.1 Å². The van der Waals surface area contributed by atoms with Crippen molar-refractivity contribution in [1.29, 1.82) is 0 Å². The van der Waals surface area contributed by atoms with E-state index in [9.17, 15) is 9.18 Å². The highest BCUT2D eigenvalue weighted by Crippen LogP contribution is 2.31. The average Bonchev–Trinajstić information content (AvgIpc) is 2.90. The van der Waals surface area contributed by atoms with Gasteiger partial charge in [-0.3, -0.25) is 4.79 Å². The molecule has 0 fully saturated rings. The van der Waals surface area contributed by atoms with Crippen molar-refractivity contribution in [2.45, 2.75) is 19.4 Å². The van der Waals surface area contributed by atoms with E-state index in [0.717, 1.165) is 18.5 Å². The molecule has 3 nitrogen and oxygen atoms in total. The molecular formula is C20H21FN2O. The van der Waals surface area contributed by atoms with Gasteiger partial charge in [0.2, 0.25) is 5.91 Å². The molecule has 2 aromatic carbocycles. The zero-order valence-electron chi connectivity index (χ0n) is 13.7. The van der Waals surface area contributed by atoms with Gasteiger partial charge >= 0.3 is 0 Å². The second-order valence-corrected chi connectivity index (χ2v) is 6.05. The highest BCUT2D eigenvalue weighted by atomic mass is 19.1. The van der Waals surface area contributed by atoms with Crippen LogP contribution in [0.2, 0.25) is 0 Å². The Balaban J connectivity index is 1.49. The Morgan fingerprint density at radius 2 is 2.00 bits per heavy atom. The summed E-state index contributed by atoms with van der Waals surface area (Å²) in [5.41, 5.74) is 3.43. The van der Waals surface area contributed by atoms with Crippen molar-refractivity contribution in [3.05, 3.63) is 71.6 Å². The number of para-hydroxylation sites is 1. The minimum absolute atomic E-state index is 0.139. The normalized spacial score (nSPS) is 16.4. The van der Waals surface area contributed by atoms with Crippen LogP contribution in [0.3, 0.4) is 0 Å². The molecule has 124 valence electrons. The zero-order valence-corrected chi connectivity index (χ0v) is 13.7. The van der Waals surface area contributed by atoms with Crippen molar-refractivity contribution in [2.75, 3.05) is 18.0 Å². The van der Waals surface area contributed by atoms with Crippen LogP contribution in [0.15, 0.2) is 54.6 Å². The molecule has 1 aliphatic heterocycles. The van der Waals surface area contributed by atoms with Gasteiger partial charge in [-0.15, -0.1) is 0 Å². The van der Waals surface area contributed by atoms with Gasteiger partial charge in [0.1, 0.15) is 5.82 Å². The van der Waals surface area contributed by atoms with Gasteiger partial charge < -0.3 is 10.2 Å². The van der Waals surface area contributed by atoms with E-state index in [2.05, 4.69) is 35.3 Å². The van der Waals surface area contributed by atoms with Crippen LogP contribution in [0.25, 0.3) is 6.08 Å². The van der Waals surface area contributed by atoms with Crippen LogP contribution in [-0.4, -0.2) is 25.0 Å². The van der Waals surface area contributed by atoms with Crippen molar-refractivity contribution in [3.63, 3.8) is 0 Å². The number of halogens is 1. The molecule has 0 saturated carbocycles. The highest BCUT2D eigenvalue weighted by Gasteiger charge is 2.24. The summed E-state index contributed by atoms with van der Waals surface area (Å²) in [7, 11) is 0. The van der Waals surface area contributed by atoms with Crippen LogP contribution >= 0.6 is 0 Å². The Labute approximate surface area is 141 Å². The molecule has 0 bridgehead atoms. The number of nitrogens with zero attached hydrogens (tertiary/aromatic N) is 1. The lowest BCUT2D eigenvalue weighted by atomic mass is 10.1. The summed E-state index contributed by atoms with van der Waals surface area (Å²) >= 11 is 0. The van der Waals surface area contributed by atoms with Crippen LogP contribution in [0, 0.1) is 5.82 Å². The summed E-state index contributed by atoms with van der Waals surface area (Å²) in [5.74, 6) is -0.420. The molecule has 1 N–H and O–H groups in total. The number of amides is 1. The Morgan fingerprint density at radius 3 is 2.79 bits per heavy atom. The number of benzene rings is 2. The molecule has 0 radical (unpaired) electrons. The molecule has 0 saturated heterocycles. The number of carbonyl (C=O) groups is 1. The molecule has 1 unspecified atom stereocenters. The predicted molar refractivity (Wildman–Crippen MR) is 95.4 cm³/mol. The predicted octanol–water partition coefficient (Wildman–Crippen LogP) is 3.41. The maximum absolute atomic E-state index is 12.8. The fourth-order valence-corrected chi connectivity index (χ4v) is 3.07. The van der Waals surface area contributed by atoms with E-state index < -0.39 is 0 Å². The number of rotatable bonds is 5. The third kappa shape index (κ3) is 3.82. The van der Waals surface area contributed by atoms with E-state index in [1.54, 1.807) is 18.2 Å². The lowest BCUT2D eigenvalue weighted by Gasteiger charge is -2.24. The molecule has 4 heteroatoms. The first-order chi connectivity index (χ1) is 11.6. The average molecular weight is 324 g/mol. The molecule has 1 amide bonds. The monoisotopic (exact) mass is 324 g/mol. The van der Waals surface area contributed by atoms with E-state index in [1.807, 2.05) is 6.07 Å². The largest absolute Gasteiger partial charge is 0.367 e. The standard InChI is InChI=1S/C20H21FN2O/c1-15-14-17-4-2-3-5-19(17)23(15)13-12-22-20(24)11-8-16-6-9-18(21)10-7-16/h2-11,15H,12-14H2,1H3,(H,22,24)/b11-8+. The van der Waals surface area contributed by atoms with Crippen molar-refractivity contribution >= 4 is 17.7 Å². The SMILES string of the molecule is CC1Cc2ccccc2N1CCNC(=O)/C=C/c1ccc(F)cc1. The van der Waals surface area contributed by atoms with Gasteiger partial charge in [0.25, 0.3) is 0 Å². The Kier molecular flexibility index (Phi) is 4.94. The first-order valence-electron chi connectivity index (χ1n) is 8.19. The third-order valence-electron chi connectivity index (χ3n) is 4.30. The maximum atomic E-state index is 12.8.